The number of piperazine rings is 1. The van der Waals surface area contributed by atoms with Crippen LogP contribution in [0.5, 0.6) is 0 Å². The molecule has 1 fully saturated rings. The van der Waals surface area contributed by atoms with Crippen molar-refractivity contribution < 1.29 is 0 Å². The fraction of sp³-hybridized carbons (Fsp3) is 0.500. The largest absolute Gasteiger partial charge is 0.389 e. The van der Waals surface area contributed by atoms with Gasteiger partial charge in [0.05, 0.1) is 10.6 Å². The standard InChI is InChI=1S/C14H20ClN3S/c1-14(2)9-18(8-7-17(14)3)11-6-4-5-10(15)12(11)13(16)19/h4-6H,7-9H2,1-3H3,(H2,16,19). The molecule has 1 aromatic carbocycles. The lowest BCUT2D eigenvalue weighted by atomic mass is 9.98. The van der Waals surface area contributed by atoms with Gasteiger partial charge >= 0.3 is 0 Å². The van der Waals surface area contributed by atoms with E-state index in [2.05, 4.69) is 30.7 Å². The molecule has 1 aliphatic heterocycles. The monoisotopic (exact) mass is 297 g/mol. The predicted octanol–water partition coefficient (Wildman–Crippen LogP) is 2.50. The van der Waals surface area contributed by atoms with Crippen LogP contribution in [0.15, 0.2) is 18.2 Å². The third-order valence-electron chi connectivity index (χ3n) is 3.90. The Kier molecular flexibility index (Phi) is 4.04. The molecule has 0 bridgehead atoms. The Morgan fingerprint density at radius 1 is 1.37 bits per heavy atom. The van der Waals surface area contributed by atoms with Gasteiger partial charge in [-0.3, -0.25) is 4.90 Å². The van der Waals surface area contributed by atoms with Crippen LogP contribution in [0.3, 0.4) is 0 Å². The molecule has 104 valence electrons. The molecule has 0 aromatic heterocycles. The number of hydrogen-bond acceptors (Lipinski definition) is 3. The molecule has 1 saturated heterocycles. The van der Waals surface area contributed by atoms with Gasteiger partial charge < -0.3 is 10.6 Å². The van der Waals surface area contributed by atoms with Crippen LogP contribution in [-0.4, -0.2) is 42.1 Å². The highest BCUT2D eigenvalue weighted by atomic mass is 35.5. The molecule has 0 amide bonds. The fourth-order valence-corrected chi connectivity index (χ4v) is 3.01. The van der Waals surface area contributed by atoms with E-state index in [1.807, 2.05) is 18.2 Å². The van der Waals surface area contributed by atoms with Gasteiger partial charge in [-0.25, -0.2) is 0 Å². The maximum absolute atomic E-state index is 6.24. The lowest BCUT2D eigenvalue weighted by molar-refractivity contribution is 0.139. The van der Waals surface area contributed by atoms with Gasteiger partial charge in [0.1, 0.15) is 4.99 Å². The highest BCUT2D eigenvalue weighted by Crippen LogP contribution is 2.31. The zero-order valence-electron chi connectivity index (χ0n) is 11.6. The van der Waals surface area contributed by atoms with E-state index in [1.165, 1.54) is 0 Å². The van der Waals surface area contributed by atoms with E-state index in [0.29, 0.717) is 10.0 Å². The Morgan fingerprint density at radius 3 is 2.63 bits per heavy atom. The van der Waals surface area contributed by atoms with Crippen LogP contribution < -0.4 is 10.6 Å². The van der Waals surface area contributed by atoms with Crippen LogP contribution in [-0.2, 0) is 0 Å². The van der Waals surface area contributed by atoms with E-state index in [1.54, 1.807) is 0 Å². The van der Waals surface area contributed by atoms with Gasteiger partial charge in [0.15, 0.2) is 0 Å². The van der Waals surface area contributed by atoms with E-state index < -0.39 is 0 Å². The first-order valence-corrected chi connectivity index (χ1v) is 7.16. The SMILES string of the molecule is CN1CCN(c2cccc(Cl)c2C(N)=S)CC1(C)C. The number of likely N-dealkylation sites (N-methyl/N-ethyl adjacent to an activating group) is 1. The fourth-order valence-electron chi connectivity index (χ4n) is 2.47. The molecule has 2 rings (SSSR count). The van der Waals surface area contributed by atoms with E-state index in [9.17, 15) is 0 Å². The number of nitrogens with two attached hydrogens (primary N) is 1. The van der Waals surface area contributed by atoms with Gasteiger partial charge in [0, 0.05) is 30.9 Å². The van der Waals surface area contributed by atoms with Crippen LogP contribution in [0, 0.1) is 0 Å². The Morgan fingerprint density at radius 2 is 2.05 bits per heavy atom. The first-order chi connectivity index (χ1) is 8.83. The van der Waals surface area contributed by atoms with Crippen molar-refractivity contribution in [2.24, 2.45) is 5.73 Å². The number of hydrogen-bond donors (Lipinski definition) is 1. The molecule has 0 atom stereocenters. The van der Waals surface area contributed by atoms with Crippen LogP contribution >= 0.6 is 23.8 Å². The van der Waals surface area contributed by atoms with Crippen molar-refractivity contribution in [1.29, 1.82) is 0 Å². The highest BCUT2D eigenvalue weighted by Gasteiger charge is 2.32. The molecule has 0 aliphatic carbocycles. The average Bonchev–Trinajstić information content (AvgIpc) is 2.31. The second kappa shape index (κ2) is 5.27. The van der Waals surface area contributed by atoms with Crippen LogP contribution in [0.1, 0.15) is 19.4 Å². The summed E-state index contributed by atoms with van der Waals surface area (Å²) in [4.78, 5) is 5.05. The normalized spacial score (nSPS) is 19.5. The third kappa shape index (κ3) is 2.86. The van der Waals surface area contributed by atoms with Crippen molar-refractivity contribution in [3.63, 3.8) is 0 Å². The molecule has 1 aromatic rings. The van der Waals surface area contributed by atoms with Crippen molar-refractivity contribution in [2.45, 2.75) is 19.4 Å². The Labute approximate surface area is 125 Å². The maximum Gasteiger partial charge on any atom is 0.107 e. The maximum atomic E-state index is 6.24. The number of halogens is 1. The summed E-state index contributed by atoms with van der Waals surface area (Å²) in [6.07, 6.45) is 0. The molecule has 0 radical (unpaired) electrons. The quantitative estimate of drug-likeness (QED) is 0.850. The number of nitrogens with zero attached hydrogens (tertiary/aromatic N) is 2. The minimum absolute atomic E-state index is 0.119. The van der Waals surface area contributed by atoms with E-state index in [-0.39, 0.29) is 5.54 Å². The average molecular weight is 298 g/mol. The molecule has 0 saturated carbocycles. The summed E-state index contributed by atoms with van der Waals surface area (Å²) >= 11 is 11.4. The summed E-state index contributed by atoms with van der Waals surface area (Å²) in [5.74, 6) is 0. The van der Waals surface area contributed by atoms with Crippen molar-refractivity contribution in [3.8, 4) is 0 Å². The van der Waals surface area contributed by atoms with Crippen molar-refractivity contribution >= 4 is 34.5 Å². The van der Waals surface area contributed by atoms with E-state index in [4.69, 9.17) is 29.6 Å². The van der Waals surface area contributed by atoms with Gasteiger partial charge in [0.25, 0.3) is 0 Å². The molecule has 0 spiro atoms. The second-order valence-electron chi connectivity index (χ2n) is 5.65. The summed E-state index contributed by atoms with van der Waals surface area (Å²) < 4.78 is 0. The Balaban J connectivity index is 2.38. The first kappa shape index (κ1) is 14.6. The summed E-state index contributed by atoms with van der Waals surface area (Å²) in [5.41, 5.74) is 7.78. The van der Waals surface area contributed by atoms with Crippen molar-refractivity contribution in [1.82, 2.24) is 4.90 Å². The zero-order chi connectivity index (χ0) is 14.2. The minimum atomic E-state index is 0.119. The Bertz CT molecular complexity index is 501. The minimum Gasteiger partial charge on any atom is -0.389 e. The summed E-state index contributed by atoms with van der Waals surface area (Å²) in [5, 5.41) is 0.627. The van der Waals surface area contributed by atoms with Crippen molar-refractivity contribution in [2.75, 3.05) is 31.6 Å². The molecule has 0 unspecified atom stereocenters. The van der Waals surface area contributed by atoms with Gasteiger partial charge in [-0.05, 0) is 33.0 Å². The summed E-state index contributed by atoms with van der Waals surface area (Å²) in [6.45, 7) is 7.37. The van der Waals surface area contributed by atoms with Crippen molar-refractivity contribution in [3.05, 3.63) is 28.8 Å². The molecule has 3 nitrogen and oxygen atoms in total. The summed E-state index contributed by atoms with van der Waals surface area (Å²) in [7, 11) is 2.16. The lowest BCUT2D eigenvalue weighted by Gasteiger charge is -2.46. The van der Waals surface area contributed by atoms with E-state index in [0.717, 1.165) is 30.9 Å². The number of benzene rings is 1. The zero-order valence-corrected chi connectivity index (χ0v) is 13.2. The number of rotatable bonds is 2. The highest BCUT2D eigenvalue weighted by molar-refractivity contribution is 7.80. The predicted molar refractivity (Wildman–Crippen MR) is 86.3 cm³/mol. The first-order valence-electron chi connectivity index (χ1n) is 6.37. The van der Waals surface area contributed by atoms with E-state index >= 15 is 0 Å². The molecular formula is C14H20ClN3S. The molecular weight excluding hydrogens is 278 g/mol. The molecule has 1 heterocycles. The van der Waals surface area contributed by atoms with Crippen LogP contribution in [0.2, 0.25) is 5.02 Å². The number of thiocarbonyl (C=S) groups is 1. The lowest BCUT2D eigenvalue weighted by Crippen LogP contribution is -2.58. The van der Waals surface area contributed by atoms with Crippen LogP contribution in [0.4, 0.5) is 5.69 Å². The molecule has 5 heteroatoms. The molecule has 1 aliphatic rings. The molecule has 2 N–H and O–H groups in total. The topological polar surface area (TPSA) is 32.5 Å². The summed E-state index contributed by atoms with van der Waals surface area (Å²) in [6, 6.07) is 5.83. The van der Waals surface area contributed by atoms with Gasteiger partial charge in [0.2, 0.25) is 0 Å². The van der Waals surface area contributed by atoms with Gasteiger partial charge in [-0.15, -0.1) is 0 Å². The number of anilines is 1. The molecule has 19 heavy (non-hydrogen) atoms. The van der Waals surface area contributed by atoms with Crippen LogP contribution in [0.25, 0.3) is 0 Å². The second-order valence-corrected chi connectivity index (χ2v) is 6.50. The third-order valence-corrected chi connectivity index (χ3v) is 4.41. The smallest absolute Gasteiger partial charge is 0.107 e. The van der Waals surface area contributed by atoms with Gasteiger partial charge in [-0.1, -0.05) is 29.9 Å². The van der Waals surface area contributed by atoms with Gasteiger partial charge in [-0.2, -0.15) is 0 Å². The Hall–Kier alpha value is -0.840.